The number of thioether (sulfide) groups is 2. The third-order valence-electron chi connectivity index (χ3n) is 7.25. The van der Waals surface area contributed by atoms with Gasteiger partial charge in [-0.25, -0.2) is 8.42 Å². The van der Waals surface area contributed by atoms with Gasteiger partial charge in [0.15, 0.2) is 9.84 Å². The zero-order valence-corrected chi connectivity index (χ0v) is 30.5. The largest absolute Gasteiger partial charge is 0.416 e. The summed E-state index contributed by atoms with van der Waals surface area (Å²) in [7, 11) is -3.60. The van der Waals surface area contributed by atoms with Gasteiger partial charge in [-0.2, -0.15) is 26.3 Å². The number of nitrogens with one attached hydrogen (secondary N) is 2. The van der Waals surface area contributed by atoms with Crippen LogP contribution in [0.3, 0.4) is 0 Å². The number of carbonyl (C=O) groups excluding carboxylic acids is 2. The molecule has 2 amide bonds. The number of benzene rings is 3. The van der Waals surface area contributed by atoms with Crippen LogP contribution in [-0.4, -0.2) is 50.1 Å². The van der Waals surface area contributed by atoms with Crippen molar-refractivity contribution in [2.24, 2.45) is 17.4 Å². The molecule has 1 aliphatic carbocycles. The summed E-state index contributed by atoms with van der Waals surface area (Å²) in [4.78, 5) is 24.3. The smallest absolute Gasteiger partial charge is 0.330 e. The van der Waals surface area contributed by atoms with Crippen LogP contribution in [0, 0.1) is 5.92 Å². The number of halogens is 6. The Morgan fingerprint density at radius 3 is 1.67 bits per heavy atom. The third kappa shape index (κ3) is 12.7. The van der Waals surface area contributed by atoms with E-state index in [1.807, 2.05) is 6.08 Å². The van der Waals surface area contributed by atoms with E-state index in [0.717, 1.165) is 39.6 Å². The molecule has 3 aromatic rings. The van der Waals surface area contributed by atoms with E-state index in [-0.39, 0.29) is 22.6 Å². The fourth-order valence-corrected chi connectivity index (χ4v) is 8.43. The Balaban J connectivity index is 0.000000225. The molecule has 0 radical (unpaired) electrons. The van der Waals surface area contributed by atoms with Crippen LogP contribution in [0.25, 0.3) is 0 Å². The maximum Gasteiger partial charge on any atom is 0.416 e. The zero-order valence-electron chi connectivity index (χ0n) is 28.1. The van der Waals surface area contributed by atoms with Crippen LogP contribution in [-0.2, 0) is 38.2 Å². The number of carbonyl (C=O) groups is 2. The molecule has 6 N–H and O–H groups in total. The van der Waals surface area contributed by atoms with Crippen molar-refractivity contribution in [3.05, 3.63) is 107 Å². The third-order valence-corrected chi connectivity index (χ3v) is 11.5. The van der Waals surface area contributed by atoms with Crippen LogP contribution in [0.5, 0.6) is 0 Å². The Labute approximate surface area is 306 Å². The summed E-state index contributed by atoms with van der Waals surface area (Å²) in [6, 6.07) is 15.1. The Bertz CT molecular complexity index is 1790. The first-order valence-electron chi connectivity index (χ1n) is 15.7. The van der Waals surface area contributed by atoms with Gasteiger partial charge < -0.3 is 22.1 Å². The monoisotopic (exact) mass is 788 g/mol. The first-order valence-corrected chi connectivity index (χ1v) is 19.2. The summed E-state index contributed by atoms with van der Waals surface area (Å²) in [5, 5.41) is 4.52. The molecule has 1 heterocycles. The van der Waals surface area contributed by atoms with E-state index in [9.17, 15) is 44.3 Å². The summed E-state index contributed by atoms with van der Waals surface area (Å²) < 4.78 is 98.9. The number of amides is 2. The average molecular weight is 789 g/mol. The van der Waals surface area contributed by atoms with E-state index in [1.54, 1.807) is 24.3 Å². The maximum atomic E-state index is 13.0. The van der Waals surface area contributed by atoms with Crippen LogP contribution < -0.4 is 22.1 Å². The number of rotatable bonds is 8. The van der Waals surface area contributed by atoms with E-state index < -0.39 is 38.6 Å². The number of anilines is 1. The molecule has 0 fully saturated rings. The first kappa shape index (κ1) is 42.6. The molecule has 2 aliphatic rings. The number of hydrogen-bond acceptors (Lipinski definition) is 8. The highest BCUT2D eigenvalue weighted by molar-refractivity contribution is 7.99. The second kappa shape index (κ2) is 18.8. The summed E-state index contributed by atoms with van der Waals surface area (Å²) in [6.07, 6.45) is -2.74. The van der Waals surface area contributed by atoms with E-state index in [2.05, 4.69) is 10.6 Å². The lowest BCUT2D eigenvalue weighted by molar-refractivity contribution is -0.138. The van der Waals surface area contributed by atoms with Gasteiger partial charge >= 0.3 is 12.4 Å². The summed E-state index contributed by atoms with van der Waals surface area (Å²) in [5.41, 5.74) is 11.0. The van der Waals surface area contributed by atoms with Gasteiger partial charge in [-0.05, 0) is 84.8 Å². The predicted molar refractivity (Wildman–Crippen MR) is 192 cm³/mol. The Hall–Kier alpha value is -3.77. The Morgan fingerprint density at radius 1 is 0.769 bits per heavy atom. The number of hydrogen-bond donors (Lipinski definition) is 4. The Morgan fingerprint density at radius 2 is 1.25 bits per heavy atom. The van der Waals surface area contributed by atoms with Crippen molar-refractivity contribution >= 4 is 50.9 Å². The lowest BCUT2D eigenvalue weighted by atomic mass is 9.91. The van der Waals surface area contributed by atoms with E-state index >= 15 is 0 Å². The van der Waals surface area contributed by atoms with E-state index in [0.29, 0.717) is 42.4 Å². The van der Waals surface area contributed by atoms with Crippen molar-refractivity contribution in [3.63, 3.8) is 0 Å². The van der Waals surface area contributed by atoms with Gasteiger partial charge in [0.2, 0.25) is 11.8 Å². The molecule has 17 heteroatoms. The molecule has 8 nitrogen and oxygen atoms in total. The number of alkyl halides is 6. The van der Waals surface area contributed by atoms with E-state index in [4.69, 9.17) is 11.5 Å². The van der Waals surface area contributed by atoms with Gasteiger partial charge in [-0.15, -0.1) is 23.5 Å². The second-order valence-corrected chi connectivity index (χ2v) is 15.8. The van der Waals surface area contributed by atoms with Gasteiger partial charge in [-0.1, -0.05) is 12.1 Å². The molecular weight excluding hydrogens is 751 g/mol. The normalized spacial score (nSPS) is 17.2. The molecule has 0 saturated carbocycles. The molecule has 5 rings (SSSR count). The highest BCUT2D eigenvalue weighted by Crippen LogP contribution is 2.38. The molecule has 3 aromatic carbocycles. The molecule has 0 aromatic heterocycles. The van der Waals surface area contributed by atoms with Crippen LogP contribution >= 0.6 is 23.5 Å². The zero-order chi connectivity index (χ0) is 38.7. The van der Waals surface area contributed by atoms with Crippen molar-refractivity contribution in [2.75, 3.05) is 29.9 Å². The van der Waals surface area contributed by atoms with Crippen LogP contribution in [0.4, 0.5) is 32.0 Å². The highest BCUT2D eigenvalue weighted by atomic mass is 32.2. The lowest BCUT2D eigenvalue weighted by Crippen LogP contribution is -2.37. The second-order valence-electron chi connectivity index (χ2n) is 11.4. The van der Waals surface area contributed by atoms with Crippen molar-refractivity contribution in [3.8, 4) is 0 Å². The minimum Gasteiger partial charge on any atom is -0.330 e. The fraction of sp³-hybridized carbons (Fsp3) is 0.314. The number of sulfone groups is 1. The minimum absolute atomic E-state index is 0.161. The fourth-order valence-electron chi connectivity index (χ4n) is 4.99. The summed E-state index contributed by atoms with van der Waals surface area (Å²) in [6.45, 7) is 3.79. The molecule has 282 valence electrons. The Kier molecular flexibility index (Phi) is 15.4. The van der Waals surface area contributed by atoms with Crippen molar-refractivity contribution < 1.29 is 44.3 Å². The average Bonchev–Trinajstić information content (AvgIpc) is 3.07. The van der Waals surface area contributed by atoms with Crippen LogP contribution in [0.1, 0.15) is 30.5 Å². The minimum atomic E-state index is -4.25. The summed E-state index contributed by atoms with van der Waals surface area (Å²) in [5.74, 6) is 0.767. The standard InChI is InChI=1S/C17H18N2O4S.2C9H10F3NS/c1-10(20)18-14-5-3-12-7-13-4-6-15(19-11(2)21)9-17(13)24(22,23)16(12)8-14;2*10-9(11,12)7-1-3-8(4-2-7)14-6-5-13/h3-6,8-9,12,16H,7H2,1-2H3,(H,18,20)(H,19,21);2*1-4H,5-6,13H2. The molecule has 0 bridgehead atoms. The molecular formula is C35H38F6N4O4S3. The number of nitrogens with two attached hydrogens (primary N) is 2. The van der Waals surface area contributed by atoms with Gasteiger partial charge in [0, 0.05) is 65.5 Å². The van der Waals surface area contributed by atoms with Crippen molar-refractivity contribution in [2.45, 2.75) is 52.6 Å². The summed E-state index contributed by atoms with van der Waals surface area (Å²) >= 11 is 2.89. The van der Waals surface area contributed by atoms with Crippen LogP contribution in [0.2, 0.25) is 0 Å². The van der Waals surface area contributed by atoms with Crippen molar-refractivity contribution in [1.82, 2.24) is 5.32 Å². The van der Waals surface area contributed by atoms with Gasteiger partial charge in [0.05, 0.1) is 21.3 Å². The lowest BCUT2D eigenvalue weighted by Gasteiger charge is -2.32. The van der Waals surface area contributed by atoms with Gasteiger partial charge in [0.25, 0.3) is 0 Å². The predicted octanol–water partition coefficient (Wildman–Crippen LogP) is 7.06. The highest BCUT2D eigenvalue weighted by Gasteiger charge is 2.40. The van der Waals surface area contributed by atoms with Gasteiger partial charge in [-0.3, -0.25) is 9.59 Å². The number of allylic oxidation sites excluding steroid dienone is 2. The van der Waals surface area contributed by atoms with Crippen LogP contribution in [0.15, 0.2) is 105 Å². The SMILES string of the molecule is CC(=O)NC1=CC2C(C=C1)Cc1ccc(NC(C)=O)cc1S2(=O)=O.NCCSc1ccc(C(F)(F)F)cc1.NCCSc1ccc(C(F)(F)F)cc1. The number of fused-ring (bicyclic) bond motifs is 2. The molecule has 0 spiro atoms. The molecule has 52 heavy (non-hydrogen) atoms. The molecule has 2 unspecified atom stereocenters. The topological polar surface area (TPSA) is 144 Å². The molecule has 1 aliphatic heterocycles. The molecule has 0 saturated heterocycles. The molecule has 2 atom stereocenters. The first-order chi connectivity index (χ1) is 24.3. The quantitative estimate of drug-likeness (QED) is 0.140. The maximum absolute atomic E-state index is 13.0. The van der Waals surface area contributed by atoms with E-state index in [1.165, 1.54) is 67.7 Å². The van der Waals surface area contributed by atoms with Crippen molar-refractivity contribution in [1.29, 1.82) is 0 Å². The van der Waals surface area contributed by atoms with Gasteiger partial charge in [0.1, 0.15) is 0 Å².